The van der Waals surface area contributed by atoms with Crippen molar-refractivity contribution < 1.29 is 4.52 Å². The Bertz CT molecular complexity index is 748. The number of benzene rings is 1. The van der Waals surface area contributed by atoms with Crippen LogP contribution in [0.4, 0.5) is 5.82 Å². The second kappa shape index (κ2) is 4.81. The van der Waals surface area contributed by atoms with Crippen molar-refractivity contribution in [3.63, 3.8) is 0 Å². The second-order valence-corrected chi connectivity index (χ2v) is 4.81. The zero-order chi connectivity index (χ0) is 14.1. The van der Waals surface area contributed by atoms with Gasteiger partial charge in [0.25, 0.3) is 0 Å². The highest BCUT2D eigenvalue weighted by Crippen LogP contribution is 2.36. The van der Waals surface area contributed by atoms with Gasteiger partial charge in [-0.1, -0.05) is 23.4 Å². The summed E-state index contributed by atoms with van der Waals surface area (Å²) in [6.45, 7) is 4.16. The van der Waals surface area contributed by atoms with Crippen LogP contribution in [0.3, 0.4) is 0 Å². The Kier molecular flexibility index (Phi) is 2.99. The van der Waals surface area contributed by atoms with E-state index in [4.69, 9.17) is 10.3 Å². The molecule has 0 aliphatic rings. The summed E-state index contributed by atoms with van der Waals surface area (Å²) in [6.07, 6.45) is 3.44. The van der Waals surface area contributed by atoms with E-state index in [1.54, 1.807) is 12.4 Å². The van der Waals surface area contributed by atoms with Gasteiger partial charge in [-0.05, 0) is 42.7 Å². The summed E-state index contributed by atoms with van der Waals surface area (Å²) >= 11 is 0. The summed E-state index contributed by atoms with van der Waals surface area (Å²) < 4.78 is 5.40. The number of aromatic nitrogens is 2. The van der Waals surface area contributed by atoms with Crippen LogP contribution < -0.4 is 5.73 Å². The van der Waals surface area contributed by atoms with Gasteiger partial charge in [0.05, 0.1) is 5.56 Å². The van der Waals surface area contributed by atoms with Gasteiger partial charge in [0.2, 0.25) is 0 Å². The Morgan fingerprint density at radius 3 is 2.40 bits per heavy atom. The summed E-state index contributed by atoms with van der Waals surface area (Å²) in [5.74, 6) is 1.08. The van der Waals surface area contributed by atoms with E-state index in [1.807, 2.05) is 18.2 Å². The summed E-state index contributed by atoms with van der Waals surface area (Å²) in [4.78, 5) is 4.01. The zero-order valence-corrected chi connectivity index (χ0v) is 11.4. The highest BCUT2D eigenvalue weighted by molar-refractivity contribution is 5.86. The van der Waals surface area contributed by atoms with Gasteiger partial charge < -0.3 is 10.3 Å². The molecule has 0 bridgehead atoms. The van der Waals surface area contributed by atoms with Crippen LogP contribution >= 0.6 is 0 Å². The van der Waals surface area contributed by atoms with Crippen molar-refractivity contribution in [3.8, 4) is 22.5 Å². The molecule has 20 heavy (non-hydrogen) atoms. The molecule has 4 nitrogen and oxygen atoms in total. The van der Waals surface area contributed by atoms with Crippen molar-refractivity contribution >= 4 is 5.82 Å². The number of rotatable bonds is 2. The molecule has 0 radical (unpaired) electrons. The Balaban J connectivity index is 2.19. The number of nitrogens with zero attached hydrogens (tertiary/aromatic N) is 2. The van der Waals surface area contributed by atoms with E-state index < -0.39 is 0 Å². The van der Waals surface area contributed by atoms with Crippen molar-refractivity contribution in [1.29, 1.82) is 0 Å². The lowest BCUT2D eigenvalue weighted by molar-refractivity contribution is 0.436. The lowest BCUT2D eigenvalue weighted by Gasteiger charge is -2.06. The van der Waals surface area contributed by atoms with Crippen LogP contribution in [0.2, 0.25) is 0 Å². The van der Waals surface area contributed by atoms with E-state index in [1.165, 1.54) is 11.1 Å². The van der Waals surface area contributed by atoms with E-state index >= 15 is 0 Å². The molecule has 0 atom stereocenters. The largest absolute Gasteiger partial charge is 0.380 e. The molecular weight excluding hydrogens is 250 g/mol. The number of aryl methyl sites for hydroxylation is 2. The predicted molar refractivity (Wildman–Crippen MR) is 79.1 cm³/mol. The first kappa shape index (κ1) is 12.4. The van der Waals surface area contributed by atoms with Gasteiger partial charge in [-0.15, -0.1) is 0 Å². The molecule has 0 saturated heterocycles. The maximum absolute atomic E-state index is 5.98. The summed E-state index contributed by atoms with van der Waals surface area (Å²) in [6, 6.07) is 9.97. The molecule has 3 rings (SSSR count). The van der Waals surface area contributed by atoms with E-state index in [0.29, 0.717) is 11.6 Å². The van der Waals surface area contributed by atoms with Crippen molar-refractivity contribution in [2.24, 2.45) is 0 Å². The van der Waals surface area contributed by atoms with E-state index in [-0.39, 0.29) is 0 Å². The van der Waals surface area contributed by atoms with Gasteiger partial charge in [-0.25, -0.2) is 0 Å². The third kappa shape index (κ3) is 2.05. The number of nitrogen functional groups attached to an aromatic ring is 1. The Labute approximate surface area is 117 Å². The van der Waals surface area contributed by atoms with Crippen molar-refractivity contribution in [2.75, 3.05) is 5.73 Å². The summed E-state index contributed by atoms with van der Waals surface area (Å²) in [7, 11) is 0. The first-order valence-corrected chi connectivity index (χ1v) is 6.40. The molecule has 0 fully saturated rings. The minimum Gasteiger partial charge on any atom is -0.380 e. The predicted octanol–water partition coefficient (Wildman–Crippen LogP) is 3.60. The summed E-state index contributed by atoms with van der Waals surface area (Å²) in [5, 5.41) is 3.90. The molecule has 2 aromatic heterocycles. The molecule has 4 heteroatoms. The molecule has 2 heterocycles. The lowest BCUT2D eigenvalue weighted by atomic mass is 9.98. The Hall–Kier alpha value is -2.62. The molecule has 0 aliphatic heterocycles. The van der Waals surface area contributed by atoms with Gasteiger partial charge in [-0.3, -0.25) is 4.98 Å². The molecule has 0 unspecified atom stereocenters. The highest BCUT2D eigenvalue weighted by Gasteiger charge is 2.17. The fourth-order valence-electron chi connectivity index (χ4n) is 2.18. The minimum atomic E-state index is 0.403. The van der Waals surface area contributed by atoms with Gasteiger partial charge >= 0.3 is 0 Å². The van der Waals surface area contributed by atoms with Gasteiger partial charge in [-0.2, -0.15) is 0 Å². The molecule has 1 aromatic carbocycles. The first-order chi connectivity index (χ1) is 9.66. The Morgan fingerprint density at radius 1 is 0.950 bits per heavy atom. The van der Waals surface area contributed by atoms with Crippen LogP contribution in [0.5, 0.6) is 0 Å². The molecule has 0 spiro atoms. The minimum absolute atomic E-state index is 0.403. The number of nitrogens with two attached hydrogens (primary N) is 1. The monoisotopic (exact) mass is 265 g/mol. The topological polar surface area (TPSA) is 64.9 Å². The van der Waals surface area contributed by atoms with Crippen molar-refractivity contribution in [3.05, 3.63) is 53.9 Å². The SMILES string of the molecule is Cc1ccc(-c2c(N)noc2-c2ccncc2)cc1C. The lowest BCUT2D eigenvalue weighted by Crippen LogP contribution is -1.90. The molecule has 0 saturated carbocycles. The van der Waals surface area contributed by atoms with Crippen LogP contribution in [0.1, 0.15) is 11.1 Å². The maximum Gasteiger partial charge on any atom is 0.177 e. The van der Waals surface area contributed by atoms with E-state index in [2.05, 4.69) is 36.1 Å². The van der Waals surface area contributed by atoms with Gasteiger partial charge in [0.1, 0.15) is 0 Å². The number of pyridine rings is 1. The second-order valence-electron chi connectivity index (χ2n) is 4.81. The fraction of sp³-hybridized carbons (Fsp3) is 0.125. The van der Waals surface area contributed by atoms with Gasteiger partial charge in [0, 0.05) is 18.0 Å². The first-order valence-electron chi connectivity index (χ1n) is 6.40. The van der Waals surface area contributed by atoms with Crippen LogP contribution in [0.25, 0.3) is 22.5 Å². The molecule has 3 aromatic rings. The smallest absolute Gasteiger partial charge is 0.177 e. The molecule has 100 valence electrons. The highest BCUT2D eigenvalue weighted by atomic mass is 16.5. The third-order valence-electron chi connectivity index (χ3n) is 3.46. The number of anilines is 1. The number of hydrogen-bond donors (Lipinski definition) is 1. The van der Waals surface area contributed by atoms with Crippen molar-refractivity contribution in [1.82, 2.24) is 10.1 Å². The summed E-state index contributed by atoms with van der Waals surface area (Å²) in [5.41, 5.74) is 11.2. The quantitative estimate of drug-likeness (QED) is 0.768. The third-order valence-corrected chi connectivity index (χ3v) is 3.46. The molecule has 0 amide bonds. The van der Waals surface area contributed by atoms with E-state index in [9.17, 15) is 0 Å². The Morgan fingerprint density at radius 2 is 1.70 bits per heavy atom. The molecular formula is C16H15N3O. The zero-order valence-electron chi connectivity index (χ0n) is 11.4. The average Bonchev–Trinajstić information content (AvgIpc) is 2.85. The van der Waals surface area contributed by atoms with Crippen LogP contribution in [-0.4, -0.2) is 10.1 Å². The normalized spacial score (nSPS) is 10.7. The average molecular weight is 265 g/mol. The van der Waals surface area contributed by atoms with E-state index in [0.717, 1.165) is 16.7 Å². The standard InChI is InChI=1S/C16H15N3O/c1-10-3-4-13(9-11(10)2)14-15(20-19-16(14)17)12-5-7-18-8-6-12/h3-9H,1-2H3,(H2,17,19). The number of hydrogen-bond acceptors (Lipinski definition) is 4. The molecule has 2 N–H and O–H groups in total. The van der Waals surface area contributed by atoms with Crippen LogP contribution in [0, 0.1) is 13.8 Å². The van der Waals surface area contributed by atoms with Crippen molar-refractivity contribution in [2.45, 2.75) is 13.8 Å². The fourth-order valence-corrected chi connectivity index (χ4v) is 2.18. The molecule has 0 aliphatic carbocycles. The van der Waals surface area contributed by atoms with Crippen LogP contribution in [0.15, 0.2) is 47.2 Å². The van der Waals surface area contributed by atoms with Gasteiger partial charge in [0.15, 0.2) is 11.6 Å². The maximum atomic E-state index is 5.98. The van der Waals surface area contributed by atoms with Crippen LogP contribution in [-0.2, 0) is 0 Å².